The molecular weight excluding hydrogens is 222 g/mol. The standard InChI is InChI=1S/C15H19N3/c1-18(14-8-3-2-4-9-14)13-7-12-17-15-10-5-6-11-16-15/h2-6,8-11H,7,12-13H2,1H3,(H,16,17). The fourth-order valence-electron chi connectivity index (χ4n) is 1.81. The van der Waals surface area contributed by atoms with Gasteiger partial charge >= 0.3 is 0 Å². The van der Waals surface area contributed by atoms with Gasteiger partial charge in [-0.3, -0.25) is 0 Å². The van der Waals surface area contributed by atoms with E-state index in [0.717, 1.165) is 25.3 Å². The van der Waals surface area contributed by atoms with Crippen molar-refractivity contribution in [2.24, 2.45) is 0 Å². The van der Waals surface area contributed by atoms with Crippen LogP contribution in [0.4, 0.5) is 11.5 Å². The van der Waals surface area contributed by atoms with E-state index in [1.54, 1.807) is 6.20 Å². The predicted molar refractivity (Wildman–Crippen MR) is 77.1 cm³/mol. The second kappa shape index (κ2) is 6.64. The Balaban J connectivity index is 1.70. The quantitative estimate of drug-likeness (QED) is 0.788. The SMILES string of the molecule is CN(CCCNc1ccccn1)c1ccccc1. The molecule has 0 saturated carbocycles. The van der Waals surface area contributed by atoms with Gasteiger partial charge in [-0.2, -0.15) is 0 Å². The number of aromatic nitrogens is 1. The molecule has 18 heavy (non-hydrogen) atoms. The number of pyridine rings is 1. The Morgan fingerprint density at radius 3 is 2.56 bits per heavy atom. The largest absolute Gasteiger partial charge is 0.375 e. The van der Waals surface area contributed by atoms with Crippen molar-refractivity contribution in [3.63, 3.8) is 0 Å². The molecule has 1 heterocycles. The van der Waals surface area contributed by atoms with Crippen LogP contribution in [0.1, 0.15) is 6.42 Å². The number of nitrogens with one attached hydrogen (secondary N) is 1. The van der Waals surface area contributed by atoms with Crippen molar-refractivity contribution in [3.8, 4) is 0 Å². The summed E-state index contributed by atoms with van der Waals surface area (Å²) in [6, 6.07) is 16.3. The molecule has 2 rings (SSSR count). The first-order valence-corrected chi connectivity index (χ1v) is 6.27. The van der Waals surface area contributed by atoms with E-state index in [9.17, 15) is 0 Å². The zero-order chi connectivity index (χ0) is 12.6. The molecule has 0 atom stereocenters. The van der Waals surface area contributed by atoms with Crippen LogP contribution in [0, 0.1) is 0 Å². The van der Waals surface area contributed by atoms with E-state index in [0.29, 0.717) is 0 Å². The van der Waals surface area contributed by atoms with Crippen LogP contribution >= 0.6 is 0 Å². The van der Waals surface area contributed by atoms with E-state index in [1.165, 1.54) is 5.69 Å². The lowest BCUT2D eigenvalue weighted by Gasteiger charge is -2.19. The maximum absolute atomic E-state index is 4.23. The van der Waals surface area contributed by atoms with Gasteiger partial charge in [-0.15, -0.1) is 0 Å². The molecule has 0 bridgehead atoms. The second-order valence-electron chi connectivity index (χ2n) is 4.25. The van der Waals surface area contributed by atoms with Crippen LogP contribution in [0.3, 0.4) is 0 Å². The molecule has 1 aromatic heterocycles. The zero-order valence-electron chi connectivity index (χ0n) is 10.7. The summed E-state index contributed by atoms with van der Waals surface area (Å²) in [5.41, 5.74) is 1.26. The summed E-state index contributed by atoms with van der Waals surface area (Å²) in [6.45, 7) is 1.97. The highest BCUT2D eigenvalue weighted by atomic mass is 15.1. The first-order valence-electron chi connectivity index (χ1n) is 6.27. The molecule has 0 aliphatic heterocycles. The molecule has 0 unspecified atom stereocenters. The van der Waals surface area contributed by atoms with Crippen molar-refractivity contribution in [2.45, 2.75) is 6.42 Å². The molecule has 3 heteroatoms. The smallest absolute Gasteiger partial charge is 0.125 e. The van der Waals surface area contributed by atoms with Gasteiger partial charge in [-0.25, -0.2) is 4.98 Å². The number of hydrogen-bond donors (Lipinski definition) is 1. The second-order valence-corrected chi connectivity index (χ2v) is 4.25. The van der Waals surface area contributed by atoms with Crippen LogP contribution in [-0.2, 0) is 0 Å². The summed E-state index contributed by atoms with van der Waals surface area (Å²) >= 11 is 0. The van der Waals surface area contributed by atoms with E-state index in [-0.39, 0.29) is 0 Å². The average molecular weight is 241 g/mol. The number of rotatable bonds is 6. The molecule has 1 N–H and O–H groups in total. The van der Waals surface area contributed by atoms with Gasteiger partial charge in [0.05, 0.1) is 0 Å². The number of hydrogen-bond acceptors (Lipinski definition) is 3. The highest BCUT2D eigenvalue weighted by Crippen LogP contribution is 2.11. The monoisotopic (exact) mass is 241 g/mol. The van der Waals surface area contributed by atoms with Crippen LogP contribution in [0.25, 0.3) is 0 Å². The number of nitrogens with zero attached hydrogens (tertiary/aromatic N) is 2. The van der Waals surface area contributed by atoms with Crippen LogP contribution in [0.2, 0.25) is 0 Å². The van der Waals surface area contributed by atoms with Crippen LogP contribution < -0.4 is 10.2 Å². The summed E-state index contributed by atoms with van der Waals surface area (Å²) in [4.78, 5) is 6.49. The fourth-order valence-corrected chi connectivity index (χ4v) is 1.81. The molecule has 1 aromatic carbocycles. The summed E-state index contributed by atoms with van der Waals surface area (Å²) in [5, 5.41) is 3.31. The van der Waals surface area contributed by atoms with Crippen molar-refractivity contribution >= 4 is 11.5 Å². The molecular formula is C15H19N3. The summed E-state index contributed by atoms with van der Waals surface area (Å²) in [5.74, 6) is 0.944. The van der Waals surface area contributed by atoms with E-state index in [1.807, 2.05) is 24.3 Å². The number of benzene rings is 1. The minimum Gasteiger partial charge on any atom is -0.375 e. The summed E-state index contributed by atoms with van der Waals surface area (Å²) < 4.78 is 0. The van der Waals surface area contributed by atoms with Crippen molar-refractivity contribution < 1.29 is 0 Å². The van der Waals surface area contributed by atoms with E-state index >= 15 is 0 Å². The Morgan fingerprint density at radius 2 is 1.83 bits per heavy atom. The lowest BCUT2D eigenvalue weighted by Crippen LogP contribution is -2.20. The van der Waals surface area contributed by atoms with Crippen molar-refractivity contribution in [2.75, 3.05) is 30.4 Å². The molecule has 2 aromatic rings. The molecule has 0 aliphatic carbocycles. The van der Waals surface area contributed by atoms with Gasteiger partial charge in [0.2, 0.25) is 0 Å². The third-order valence-corrected chi connectivity index (χ3v) is 2.84. The van der Waals surface area contributed by atoms with Crippen molar-refractivity contribution in [1.82, 2.24) is 4.98 Å². The molecule has 0 amide bonds. The zero-order valence-corrected chi connectivity index (χ0v) is 10.7. The van der Waals surface area contributed by atoms with Gasteiger partial charge < -0.3 is 10.2 Å². The van der Waals surface area contributed by atoms with Gasteiger partial charge in [0.1, 0.15) is 5.82 Å². The lowest BCUT2D eigenvalue weighted by atomic mass is 10.3. The van der Waals surface area contributed by atoms with E-state index in [2.05, 4.69) is 46.5 Å². The van der Waals surface area contributed by atoms with Crippen molar-refractivity contribution in [1.29, 1.82) is 0 Å². The third-order valence-electron chi connectivity index (χ3n) is 2.84. The third kappa shape index (κ3) is 3.77. The van der Waals surface area contributed by atoms with Gasteiger partial charge in [0.25, 0.3) is 0 Å². The Hall–Kier alpha value is -2.03. The van der Waals surface area contributed by atoms with Gasteiger partial charge in [-0.1, -0.05) is 24.3 Å². The molecule has 3 nitrogen and oxygen atoms in total. The van der Waals surface area contributed by atoms with Crippen molar-refractivity contribution in [3.05, 3.63) is 54.7 Å². The highest BCUT2D eigenvalue weighted by molar-refractivity contribution is 5.44. The van der Waals surface area contributed by atoms with E-state index in [4.69, 9.17) is 0 Å². The Kier molecular flexibility index (Phi) is 4.59. The maximum Gasteiger partial charge on any atom is 0.125 e. The van der Waals surface area contributed by atoms with Crippen LogP contribution in [-0.4, -0.2) is 25.1 Å². The minimum absolute atomic E-state index is 0.939. The maximum atomic E-state index is 4.23. The van der Waals surface area contributed by atoms with Crippen LogP contribution in [0.15, 0.2) is 54.7 Å². The Labute approximate surface area is 108 Å². The Morgan fingerprint density at radius 1 is 1.06 bits per heavy atom. The number of anilines is 2. The summed E-state index contributed by atoms with van der Waals surface area (Å²) in [6.07, 6.45) is 2.89. The summed E-state index contributed by atoms with van der Waals surface area (Å²) in [7, 11) is 2.12. The highest BCUT2D eigenvalue weighted by Gasteiger charge is 1.99. The molecule has 94 valence electrons. The first kappa shape index (κ1) is 12.4. The normalized spacial score (nSPS) is 10.1. The molecule has 0 fully saturated rings. The molecule has 0 radical (unpaired) electrons. The average Bonchev–Trinajstić information content (AvgIpc) is 2.45. The van der Waals surface area contributed by atoms with Gasteiger partial charge in [0.15, 0.2) is 0 Å². The minimum atomic E-state index is 0.939. The van der Waals surface area contributed by atoms with Gasteiger partial charge in [-0.05, 0) is 30.7 Å². The molecule has 0 aliphatic rings. The molecule has 0 spiro atoms. The van der Waals surface area contributed by atoms with Crippen LogP contribution in [0.5, 0.6) is 0 Å². The van der Waals surface area contributed by atoms with E-state index < -0.39 is 0 Å². The fraction of sp³-hybridized carbons (Fsp3) is 0.267. The Bertz CT molecular complexity index is 442. The number of para-hydroxylation sites is 1. The van der Waals surface area contributed by atoms with Gasteiger partial charge in [0, 0.05) is 32.0 Å². The lowest BCUT2D eigenvalue weighted by molar-refractivity contribution is 0.814. The predicted octanol–water partition coefficient (Wildman–Crippen LogP) is 3.02. The molecule has 0 saturated heterocycles. The first-order chi connectivity index (χ1) is 8.86. The topological polar surface area (TPSA) is 28.2 Å².